The average molecular weight is 295 g/mol. The van der Waals surface area contributed by atoms with E-state index in [4.69, 9.17) is 19.3 Å². The number of thiazole rings is 1. The predicted octanol–water partition coefficient (Wildman–Crippen LogP) is 2.25. The molecule has 108 valence electrons. The number of nitrogens with zero attached hydrogens (tertiary/aromatic N) is 1. The van der Waals surface area contributed by atoms with Gasteiger partial charge in [0.2, 0.25) is 5.75 Å². The first kappa shape index (κ1) is 14.6. The van der Waals surface area contributed by atoms with Gasteiger partial charge in [0.05, 0.1) is 38.6 Å². The van der Waals surface area contributed by atoms with Crippen molar-refractivity contribution in [3.63, 3.8) is 0 Å². The third-order valence-electron chi connectivity index (χ3n) is 2.84. The second-order valence-corrected chi connectivity index (χ2v) is 5.04. The smallest absolute Gasteiger partial charge is 0.203 e. The van der Waals surface area contributed by atoms with Crippen LogP contribution < -0.4 is 14.2 Å². The molecule has 0 aliphatic carbocycles. The molecule has 1 aromatic carbocycles. The molecule has 6 heteroatoms. The van der Waals surface area contributed by atoms with Gasteiger partial charge in [-0.2, -0.15) is 0 Å². The summed E-state index contributed by atoms with van der Waals surface area (Å²) in [5.74, 6) is 1.83. The number of methoxy groups -OCH3 is 3. The average Bonchev–Trinajstić information content (AvgIpc) is 2.93. The molecule has 0 saturated heterocycles. The van der Waals surface area contributed by atoms with Crippen LogP contribution in [0.4, 0.5) is 0 Å². The molecular formula is C14H17NO4S. The Balaban J connectivity index is 2.31. The zero-order chi connectivity index (χ0) is 14.5. The summed E-state index contributed by atoms with van der Waals surface area (Å²) in [6, 6.07) is 3.81. The van der Waals surface area contributed by atoms with Crippen LogP contribution in [0.1, 0.15) is 16.3 Å². The molecule has 1 heterocycles. The molecule has 0 fully saturated rings. The number of aliphatic hydroxyl groups excluding tert-OH is 1. The monoisotopic (exact) mass is 295 g/mol. The van der Waals surface area contributed by atoms with Gasteiger partial charge in [0.15, 0.2) is 11.5 Å². The first-order chi connectivity index (χ1) is 9.71. The van der Waals surface area contributed by atoms with E-state index in [-0.39, 0.29) is 6.61 Å². The zero-order valence-electron chi connectivity index (χ0n) is 11.7. The van der Waals surface area contributed by atoms with Gasteiger partial charge in [-0.3, -0.25) is 0 Å². The number of hydrogen-bond acceptors (Lipinski definition) is 6. The topological polar surface area (TPSA) is 60.8 Å². The van der Waals surface area contributed by atoms with Gasteiger partial charge in [0.1, 0.15) is 0 Å². The molecule has 0 aliphatic rings. The quantitative estimate of drug-likeness (QED) is 0.885. The van der Waals surface area contributed by atoms with Crippen molar-refractivity contribution in [1.29, 1.82) is 0 Å². The third kappa shape index (κ3) is 3.02. The number of rotatable bonds is 6. The molecule has 2 aromatic rings. The Labute approximate surface area is 121 Å². The van der Waals surface area contributed by atoms with E-state index in [0.717, 1.165) is 10.6 Å². The Morgan fingerprint density at radius 1 is 1.10 bits per heavy atom. The number of benzene rings is 1. The summed E-state index contributed by atoms with van der Waals surface area (Å²) < 4.78 is 15.9. The molecule has 2 rings (SSSR count). The highest BCUT2D eigenvalue weighted by Gasteiger charge is 2.14. The van der Waals surface area contributed by atoms with Crippen LogP contribution in [0.5, 0.6) is 17.2 Å². The summed E-state index contributed by atoms with van der Waals surface area (Å²) in [6.07, 6.45) is 0.654. The minimum Gasteiger partial charge on any atom is -0.493 e. The summed E-state index contributed by atoms with van der Waals surface area (Å²) in [4.78, 5) is 4.33. The van der Waals surface area contributed by atoms with E-state index >= 15 is 0 Å². The van der Waals surface area contributed by atoms with E-state index in [9.17, 15) is 0 Å². The fraction of sp³-hybridized carbons (Fsp3) is 0.357. The summed E-state index contributed by atoms with van der Waals surface area (Å²) in [6.45, 7) is -0.0360. The van der Waals surface area contributed by atoms with Crippen LogP contribution in [0.2, 0.25) is 0 Å². The fourth-order valence-corrected chi connectivity index (χ4v) is 2.73. The van der Waals surface area contributed by atoms with Gasteiger partial charge in [0, 0.05) is 11.8 Å². The lowest BCUT2D eigenvalue weighted by Gasteiger charge is -2.13. The van der Waals surface area contributed by atoms with Gasteiger partial charge >= 0.3 is 0 Å². The Bertz CT molecular complexity index is 557. The number of aliphatic hydroxyl groups is 1. The van der Waals surface area contributed by atoms with Crippen LogP contribution in [0.15, 0.2) is 17.5 Å². The molecule has 0 bridgehead atoms. The minimum absolute atomic E-state index is 0.0360. The predicted molar refractivity (Wildman–Crippen MR) is 76.9 cm³/mol. The maximum atomic E-state index is 9.04. The van der Waals surface area contributed by atoms with Gasteiger partial charge in [-0.15, -0.1) is 11.3 Å². The second-order valence-electron chi connectivity index (χ2n) is 4.10. The highest BCUT2D eigenvalue weighted by atomic mass is 32.1. The van der Waals surface area contributed by atoms with E-state index in [0.29, 0.717) is 29.4 Å². The molecule has 5 nitrogen and oxygen atoms in total. The molecule has 0 saturated carbocycles. The van der Waals surface area contributed by atoms with E-state index in [1.165, 1.54) is 11.3 Å². The summed E-state index contributed by atoms with van der Waals surface area (Å²) in [5.41, 5.74) is 1.70. The van der Waals surface area contributed by atoms with Gasteiger partial charge in [-0.05, 0) is 17.7 Å². The molecule has 20 heavy (non-hydrogen) atoms. The molecule has 0 unspecified atom stereocenters. The van der Waals surface area contributed by atoms with Crippen molar-refractivity contribution >= 4 is 11.3 Å². The Morgan fingerprint density at radius 2 is 1.75 bits per heavy atom. The molecule has 0 aliphatic heterocycles. The van der Waals surface area contributed by atoms with Gasteiger partial charge in [-0.1, -0.05) is 0 Å². The molecule has 0 atom stereocenters. The molecule has 0 amide bonds. The molecule has 0 spiro atoms. The van der Waals surface area contributed by atoms with Crippen LogP contribution in [0.3, 0.4) is 0 Å². The second kappa shape index (κ2) is 6.58. The highest BCUT2D eigenvalue weighted by Crippen LogP contribution is 2.38. The molecule has 0 radical (unpaired) electrons. The maximum absolute atomic E-state index is 9.04. The zero-order valence-corrected chi connectivity index (χ0v) is 12.5. The highest BCUT2D eigenvalue weighted by molar-refractivity contribution is 7.09. The maximum Gasteiger partial charge on any atom is 0.203 e. The summed E-state index contributed by atoms with van der Waals surface area (Å²) in [7, 11) is 4.76. The van der Waals surface area contributed by atoms with E-state index in [1.54, 1.807) is 21.3 Å². The van der Waals surface area contributed by atoms with Crippen LogP contribution in [-0.2, 0) is 13.0 Å². The molecule has 1 N–H and O–H groups in total. The summed E-state index contributed by atoms with van der Waals surface area (Å²) in [5, 5.41) is 11.8. The van der Waals surface area contributed by atoms with Crippen molar-refractivity contribution < 1.29 is 19.3 Å². The lowest BCUT2D eigenvalue weighted by molar-refractivity contribution is 0.277. The van der Waals surface area contributed by atoms with E-state index < -0.39 is 0 Å². The van der Waals surface area contributed by atoms with Crippen molar-refractivity contribution in [2.75, 3.05) is 21.3 Å². The van der Waals surface area contributed by atoms with Crippen LogP contribution >= 0.6 is 11.3 Å². The number of hydrogen-bond donors (Lipinski definition) is 1. The fourth-order valence-electron chi connectivity index (χ4n) is 1.91. The number of ether oxygens (including phenoxy) is 3. The third-order valence-corrected chi connectivity index (χ3v) is 3.74. The molecular weight excluding hydrogens is 278 g/mol. The normalized spacial score (nSPS) is 10.4. The van der Waals surface area contributed by atoms with Crippen molar-refractivity contribution in [3.8, 4) is 17.2 Å². The van der Waals surface area contributed by atoms with Crippen LogP contribution in [-0.4, -0.2) is 31.4 Å². The molecule has 1 aromatic heterocycles. The first-order valence-electron chi connectivity index (χ1n) is 6.04. The van der Waals surface area contributed by atoms with Gasteiger partial charge < -0.3 is 19.3 Å². The van der Waals surface area contributed by atoms with Crippen LogP contribution in [0.25, 0.3) is 0 Å². The Hall–Kier alpha value is -1.79. The Kier molecular flexibility index (Phi) is 4.81. The lowest BCUT2D eigenvalue weighted by atomic mass is 10.1. The number of aromatic nitrogens is 1. The van der Waals surface area contributed by atoms with Crippen molar-refractivity contribution in [2.45, 2.75) is 13.0 Å². The largest absolute Gasteiger partial charge is 0.493 e. The van der Waals surface area contributed by atoms with Gasteiger partial charge in [0.25, 0.3) is 0 Å². The van der Waals surface area contributed by atoms with E-state index in [1.807, 2.05) is 17.5 Å². The minimum atomic E-state index is -0.0360. The lowest BCUT2D eigenvalue weighted by Crippen LogP contribution is -1.98. The first-order valence-corrected chi connectivity index (χ1v) is 6.92. The van der Waals surface area contributed by atoms with Crippen molar-refractivity contribution in [3.05, 3.63) is 33.8 Å². The van der Waals surface area contributed by atoms with Crippen molar-refractivity contribution in [2.24, 2.45) is 0 Å². The van der Waals surface area contributed by atoms with Crippen LogP contribution in [0, 0.1) is 0 Å². The Morgan fingerprint density at radius 3 is 2.20 bits per heavy atom. The van der Waals surface area contributed by atoms with E-state index in [2.05, 4.69) is 4.98 Å². The summed E-state index contributed by atoms with van der Waals surface area (Å²) >= 11 is 1.52. The SMILES string of the molecule is COc1cc(Cc2nc(CO)cs2)cc(OC)c1OC. The van der Waals surface area contributed by atoms with Crippen molar-refractivity contribution in [1.82, 2.24) is 4.98 Å². The standard InChI is InChI=1S/C14H17NO4S/c1-17-11-4-9(5-12(18-2)14(11)19-3)6-13-15-10(7-16)8-20-13/h4-5,8,16H,6-7H2,1-3H3. The van der Waals surface area contributed by atoms with Gasteiger partial charge in [-0.25, -0.2) is 4.98 Å².